The molecular formula is C17H29N. The fraction of sp³-hybridized carbons (Fsp3) is 0.529. The monoisotopic (exact) mass is 247 g/mol. The molecule has 1 N–H and O–H groups in total. The van der Waals surface area contributed by atoms with Crippen molar-refractivity contribution in [2.24, 2.45) is 0 Å². The van der Waals surface area contributed by atoms with Crippen LogP contribution < -0.4 is 5.32 Å². The topological polar surface area (TPSA) is 12.0 Å². The van der Waals surface area contributed by atoms with Gasteiger partial charge < -0.3 is 5.32 Å². The molecule has 0 saturated carbocycles. The summed E-state index contributed by atoms with van der Waals surface area (Å²) in [6.45, 7) is 11.6. The van der Waals surface area contributed by atoms with Crippen molar-refractivity contribution in [2.75, 3.05) is 13.6 Å². The lowest BCUT2D eigenvalue weighted by molar-refractivity contribution is 0.814. The van der Waals surface area contributed by atoms with Gasteiger partial charge in [-0.2, -0.15) is 0 Å². The molecule has 0 unspecified atom stereocenters. The quantitative estimate of drug-likeness (QED) is 0.802. The Kier molecular flexibility index (Phi) is 9.31. The first-order valence-electron chi connectivity index (χ1n) is 7.12. The molecule has 1 nitrogen and oxygen atoms in total. The minimum Gasteiger partial charge on any atom is -0.319 e. The summed E-state index contributed by atoms with van der Waals surface area (Å²) in [6.07, 6.45) is 4.44. The van der Waals surface area contributed by atoms with Crippen LogP contribution in [0.25, 0.3) is 5.57 Å². The Morgan fingerprint density at radius 1 is 1.28 bits per heavy atom. The summed E-state index contributed by atoms with van der Waals surface area (Å²) in [5.41, 5.74) is 5.66. The predicted molar refractivity (Wildman–Crippen MR) is 84.1 cm³/mol. The lowest BCUT2D eigenvalue weighted by atomic mass is 9.95. The molecule has 0 atom stereocenters. The highest BCUT2D eigenvalue weighted by Gasteiger charge is 2.04. The van der Waals surface area contributed by atoms with Gasteiger partial charge in [0, 0.05) is 0 Å². The average molecular weight is 247 g/mol. The maximum Gasteiger partial charge on any atom is -0.00113 e. The number of nitrogens with one attached hydrogen (secondary N) is 1. The molecule has 0 saturated heterocycles. The average Bonchev–Trinajstić information content (AvgIpc) is 2.43. The zero-order valence-electron chi connectivity index (χ0n) is 12.9. The van der Waals surface area contributed by atoms with Crippen molar-refractivity contribution in [3.8, 4) is 0 Å². The summed E-state index contributed by atoms with van der Waals surface area (Å²) in [7, 11) is 2.00. The molecule has 0 aliphatic heterocycles. The van der Waals surface area contributed by atoms with Crippen LogP contribution in [0.15, 0.2) is 24.3 Å². The molecule has 0 fully saturated rings. The van der Waals surface area contributed by atoms with Crippen molar-refractivity contribution in [3.05, 3.63) is 41.0 Å². The van der Waals surface area contributed by atoms with E-state index < -0.39 is 0 Å². The minimum atomic E-state index is 1.04. The molecule has 1 aromatic rings. The van der Waals surface area contributed by atoms with Crippen LogP contribution in [0.2, 0.25) is 0 Å². The molecule has 1 aromatic carbocycles. The van der Waals surface area contributed by atoms with E-state index in [1.54, 1.807) is 0 Å². The van der Waals surface area contributed by atoms with E-state index in [-0.39, 0.29) is 0 Å². The van der Waals surface area contributed by atoms with E-state index in [1.807, 2.05) is 20.9 Å². The summed E-state index contributed by atoms with van der Waals surface area (Å²) >= 11 is 0. The molecule has 0 aliphatic rings. The highest BCUT2D eigenvalue weighted by atomic mass is 14.8. The molecule has 1 rings (SSSR count). The maximum absolute atomic E-state index is 3.21. The SMILES string of the molecule is C/C=C(/CCNC)c1cc(CC)ccc1C.CC. The third-order valence-electron chi connectivity index (χ3n) is 3.05. The van der Waals surface area contributed by atoms with Gasteiger partial charge in [0.25, 0.3) is 0 Å². The van der Waals surface area contributed by atoms with Gasteiger partial charge in [-0.1, -0.05) is 45.0 Å². The van der Waals surface area contributed by atoms with Gasteiger partial charge >= 0.3 is 0 Å². The fourth-order valence-electron chi connectivity index (χ4n) is 1.93. The predicted octanol–water partition coefficient (Wildman–Crippen LogP) is 4.60. The lowest BCUT2D eigenvalue weighted by Crippen LogP contribution is -2.08. The number of allylic oxidation sites excluding steroid dienone is 1. The highest BCUT2D eigenvalue weighted by molar-refractivity contribution is 5.68. The summed E-state index contributed by atoms with van der Waals surface area (Å²) in [6, 6.07) is 6.79. The number of aryl methyl sites for hydroxylation is 2. The van der Waals surface area contributed by atoms with Gasteiger partial charge in [-0.15, -0.1) is 0 Å². The Morgan fingerprint density at radius 3 is 2.44 bits per heavy atom. The molecule has 0 spiro atoms. The van der Waals surface area contributed by atoms with Crippen LogP contribution in [0, 0.1) is 6.92 Å². The summed E-state index contributed by atoms with van der Waals surface area (Å²) in [5.74, 6) is 0. The van der Waals surface area contributed by atoms with E-state index in [1.165, 1.54) is 22.3 Å². The van der Waals surface area contributed by atoms with Gasteiger partial charge in [-0.25, -0.2) is 0 Å². The molecule has 18 heavy (non-hydrogen) atoms. The molecule has 0 amide bonds. The van der Waals surface area contributed by atoms with Gasteiger partial charge in [-0.3, -0.25) is 0 Å². The summed E-state index contributed by atoms with van der Waals surface area (Å²) in [4.78, 5) is 0. The Hall–Kier alpha value is -1.08. The number of benzene rings is 1. The van der Waals surface area contributed by atoms with Crippen LogP contribution >= 0.6 is 0 Å². The standard InChI is InChI=1S/C15H23N.C2H6/c1-5-13-8-7-12(3)15(11-13)14(6-2)9-10-16-4;1-2/h6-8,11,16H,5,9-10H2,1-4H3;1-2H3/b14-6-;. The van der Waals surface area contributed by atoms with Gasteiger partial charge in [0.1, 0.15) is 0 Å². The summed E-state index contributed by atoms with van der Waals surface area (Å²) in [5, 5.41) is 3.21. The second-order valence-electron chi connectivity index (χ2n) is 4.17. The number of rotatable bonds is 5. The zero-order valence-corrected chi connectivity index (χ0v) is 12.9. The van der Waals surface area contributed by atoms with Crippen molar-refractivity contribution in [1.82, 2.24) is 5.32 Å². The molecule has 1 heteroatoms. The van der Waals surface area contributed by atoms with Crippen LogP contribution in [-0.2, 0) is 6.42 Å². The second-order valence-corrected chi connectivity index (χ2v) is 4.17. The molecule has 0 aromatic heterocycles. The highest BCUT2D eigenvalue weighted by Crippen LogP contribution is 2.23. The van der Waals surface area contributed by atoms with Crippen LogP contribution in [0.5, 0.6) is 0 Å². The van der Waals surface area contributed by atoms with Crippen LogP contribution in [0.4, 0.5) is 0 Å². The van der Waals surface area contributed by atoms with E-state index in [2.05, 4.69) is 50.4 Å². The van der Waals surface area contributed by atoms with Gasteiger partial charge in [-0.05, 0) is 62.5 Å². The zero-order chi connectivity index (χ0) is 14.0. The second kappa shape index (κ2) is 9.90. The first kappa shape index (κ1) is 16.9. The Labute approximate surface area is 113 Å². The number of hydrogen-bond donors (Lipinski definition) is 1. The van der Waals surface area contributed by atoms with Crippen molar-refractivity contribution >= 4 is 5.57 Å². The third kappa shape index (κ3) is 5.05. The third-order valence-corrected chi connectivity index (χ3v) is 3.05. The van der Waals surface area contributed by atoms with E-state index in [9.17, 15) is 0 Å². The van der Waals surface area contributed by atoms with Gasteiger partial charge in [0.2, 0.25) is 0 Å². The van der Waals surface area contributed by atoms with Crippen LogP contribution in [0.1, 0.15) is 50.8 Å². The van der Waals surface area contributed by atoms with Crippen molar-refractivity contribution in [3.63, 3.8) is 0 Å². The first-order chi connectivity index (χ1) is 8.72. The van der Waals surface area contributed by atoms with Crippen molar-refractivity contribution < 1.29 is 0 Å². The fourth-order valence-corrected chi connectivity index (χ4v) is 1.93. The van der Waals surface area contributed by atoms with E-state index in [0.29, 0.717) is 0 Å². The van der Waals surface area contributed by atoms with E-state index in [0.717, 1.165) is 19.4 Å². The van der Waals surface area contributed by atoms with Gasteiger partial charge in [0.15, 0.2) is 0 Å². The van der Waals surface area contributed by atoms with Crippen LogP contribution in [-0.4, -0.2) is 13.6 Å². The first-order valence-corrected chi connectivity index (χ1v) is 7.12. The Balaban J connectivity index is 0.00000137. The molecule has 0 aliphatic carbocycles. The normalized spacial score (nSPS) is 10.9. The summed E-state index contributed by atoms with van der Waals surface area (Å²) < 4.78 is 0. The Bertz CT molecular complexity index is 364. The molecule has 102 valence electrons. The van der Waals surface area contributed by atoms with Crippen LogP contribution in [0.3, 0.4) is 0 Å². The van der Waals surface area contributed by atoms with Crippen molar-refractivity contribution in [1.29, 1.82) is 0 Å². The Morgan fingerprint density at radius 2 is 1.94 bits per heavy atom. The maximum atomic E-state index is 3.21. The molecule has 0 heterocycles. The van der Waals surface area contributed by atoms with E-state index >= 15 is 0 Å². The number of hydrogen-bond acceptors (Lipinski definition) is 1. The molecular weight excluding hydrogens is 218 g/mol. The van der Waals surface area contributed by atoms with Crippen molar-refractivity contribution in [2.45, 2.75) is 47.5 Å². The smallest absolute Gasteiger partial charge is 0.00113 e. The lowest BCUT2D eigenvalue weighted by Gasteiger charge is -2.12. The van der Waals surface area contributed by atoms with Gasteiger partial charge in [0.05, 0.1) is 0 Å². The largest absolute Gasteiger partial charge is 0.319 e. The minimum absolute atomic E-state index is 1.04. The molecule has 0 radical (unpaired) electrons. The van der Waals surface area contributed by atoms with E-state index in [4.69, 9.17) is 0 Å². The molecule has 0 bridgehead atoms.